The molecule has 0 unspecified atom stereocenters. The van der Waals surface area contributed by atoms with Crippen molar-refractivity contribution in [3.63, 3.8) is 0 Å². The summed E-state index contributed by atoms with van der Waals surface area (Å²) < 4.78 is 7.05. The molecule has 1 aliphatic carbocycles. The van der Waals surface area contributed by atoms with E-state index >= 15 is 0 Å². The van der Waals surface area contributed by atoms with E-state index in [0.717, 1.165) is 60.7 Å². The van der Waals surface area contributed by atoms with Crippen molar-refractivity contribution >= 4 is 50.0 Å². The number of benzene rings is 3. The van der Waals surface area contributed by atoms with Crippen LogP contribution < -0.4 is 0 Å². The van der Waals surface area contributed by atoms with Gasteiger partial charge in [-0.3, -0.25) is 5.10 Å². The summed E-state index contributed by atoms with van der Waals surface area (Å²) >= 11 is 7.79. The Kier molecular flexibility index (Phi) is 6.49. The molecule has 5 aromatic rings. The van der Waals surface area contributed by atoms with Gasteiger partial charge in [-0.25, -0.2) is 9.78 Å². The maximum Gasteiger partial charge on any atom is 0.337 e. The fourth-order valence-corrected chi connectivity index (χ4v) is 6.37. The Balaban J connectivity index is 1.55. The fraction of sp³-hybridized carbons (Fsp3) is 0.323. The van der Waals surface area contributed by atoms with Gasteiger partial charge in [0.2, 0.25) is 0 Å². The number of aromatic nitrogens is 3. The second-order valence-corrected chi connectivity index (χ2v) is 12.8. The normalized spacial score (nSPS) is 14.8. The Morgan fingerprint density at radius 3 is 2.51 bits per heavy atom. The van der Waals surface area contributed by atoms with Gasteiger partial charge in [-0.2, -0.15) is 5.10 Å². The van der Waals surface area contributed by atoms with Gasteiger partial charge in [-0.15, -0.1) is 11.3 Å². The zero-order chi connectivity index (χ0) is 27.5. The van der Waals surface area contributed by atoms with Gasteiger partial charge in [0.1, 0.15) is 5.01 Å². The summed E-state index contributed by atoms with van der Waals surface area (Å²) in [6.45, 7) is 7.53. The minimum atomic E-state index is -1.14. The van der Waals surface area contributed by atoms with Crippen molar-refractivity contribution in [1.82, 2.24) is 15.2 Å². The number of hydrogen-bond donors (Lipinski definition) is 2. The van der Waals surface area contributed by atoms with Crippen LogP contribution >= 0.6 is 22.9 Å². The highest BCUT2D eigenvalue weighted by Crippen LogP contribution is 2.45. The second kappa shape index (κ2) is 9.73. The highest BCUT2D eigenvalue weighted by molar-refractivity contribution is 7.22. The molecule has 0 spiro atoms. The summed E-state index contributed by atoms with van der Waals surface area (Å²) in [7, 11) is 0. The number of carboxylic acid groups (broad SMARTS) is 1. The number of thiazole rings is 1. The molecule has 1 aliphatic rings. The molecule has 3 aromatic carbocycles. The molecule has 0 aliphatic heterocycles. The van der Waals surface area contributed by atoms with Gasteiger partial charge in [0.05, 0.1) is 21.3 Å². The molecular weight excluding hydrogens is 530 g/mol. The van der Waals surface area contributed by atoms with Crippen LogP contribution in [0.1, 0.15) is 56.5 Å². The van der Waals surface area contributed by atoms with Gasteiger partial charge < -0.3 is 9.84 Å². The first-order chi connectivity index (χ1) is 18.6. The minimum Gasteiger partial charge on any atom is -0.479 e. The maximum atomic E-state index is 12.6. The number of H-pyrrole nitrogens is 1. The highest BCUT2D eigenvalue weighted by Gasteiger charge is 2.32. The molecule has 1 fully saturated rings. The zero-order valence-electron chi connectivity index (χ0n) is 22.3. The Morgan fingerprint density at radius 2 is 1.85 bits per heavy atom. The van der Waals surface area contributed by atoms with Gasteiger partial charge in [0.25, 0.3) is 0 Å². The van der Waals surface area contributed by atoms with Crippen LogP contribution in [0.2, 0.25) is 5.02 Å². The quantitative estimate of drug-likeness (QED) is 0.209. The maximum absolute atomic E-state index is 12.6. The largest absolute Gasteiger partial charge is 0.479 e. The van der Waals surface area contributed by atoms with Crippen molar-refractivity contribution in [3.05, 3.63) is 70.4 Å². The van der Waals surface area contributed by atoms with Crippen molar-refractivity contribution in [2.24, 2.45) is 5.92 Å². The zero-order valence-corrected chi connectivity index (χ0v) is 23.9. The third-order valence-corrected chi connectivity index (χ3v) is 8.48. The summed E-state index contributed by atoms with van der Waals surface area (Å²) in [6.07, 6.45) is 2.44. The predicted octanol–water partition coefficient (Wildman–Crippen LogP) is 8.36. The van der Waals surface area contributed by atoms with Gasteiger partial charge in [0.15, 0.2) is 6.10 Å². The molecular formula is C31H30ClN3O3S. The summed E-state index contributed by atoms with van der Waals surface area (Å²) in [5.74, 6) is -0.276. The number of carboxylic acids is 1. The molecule has 2 N–H and O–H groups in total. The van der Waals surface area contributed by atoms with Crippen molar-refractivity contribution in [2.75, 3.05) is 0 Å². The van der Waals surface area contributed by atoms with E-state index in [1.54, 1.807) is 11.3 Å². The number of aromatic amines is 1. The molecule has 0 amide bonds. The molecule has 6 rings (SSSR count). The lowest BCUT2D eigenvalue weighted by molar-refractivity contribution is -0.160. The van der Waals surface area contributed by atoms with E-state index in [2.05, 4.69) is 22.3 Å². The first kappa shape index (κ1) is 26.0. The van der Waals surface area contributed by atoms with Crippen LogP contribution in [0.4, 0.5) is 0 Å². The molecule has 0 saturated heterocycles. The number of aliphatic carboxylic acids is 1. The molecule has 1 atom stereocenters. The van der Waals surface area contributed by atoms with Crippen molar-refractivity contribution < 1.29 is 14.6 Å². The lowest BCUT2D eigenvalue weighted by atomic mass is 9.91. The number of rotatable bonds is 7. The lowest BCUT2D eigenvalue weighted by Crippen LogP contribution is -2.28. The number of fused-ring (bicyclic) bond motifs is 2. The standard InChI is InChI=1S/C31H30ClN3O3S/c1-16-13-24-28(26(18-7-10-20(32)11-8-18)25(16)27(30(36)37)38-31(2,3)4)39-29(33-24)19-9-12-22-21(15-19)23(35-34-22)14-17-5-6-17/h7-13,15,17,27H,5-6,14H2,1-4H3,(H,34,35)(H,36,37)/t27-/m0/s1. The van der Waals surface area contributed by atoms with Gasteiger partial charge in [-0.1, -0.05) is 23.7 Å². The van der Waals surface area contributed by atoms with Gasteiger partial charge in [0, 0.05) is 32.8 Å². The smallest absolute Gasteiger partial charge is 0.337 e. The van der Waals surface area contributed by atoms with E-state index in [1.807, 2.05) is 64.1 Å². The monoisotopic (exact) mass is 559 g/mol. The van der Waals surface area contributed by atoms with Crippen LogP contribution in [0.5, 0.6) is 0 Å². The molecule has 8 heteroatoms. The SMILES string of the molecule is Cc1cc2nc(-c3ccc4n[nH]c(CC5CC5)c4c3)sc2c(-c2ccc(Cl)cc2)c1[C@H](OC(C)(C)C)C(=O)O. The van der Waals surface area contributed by atoms with Crippen LogP contribution in [-0.2, 0) is 16.0 Å². The van der Waals surface area contributed by atoms with Crippen molar-refractivity contribution in [3.8, 4) is 21.7 Å². The van der Waals surface area contributed by atoms with Gasteiger partial charge in [-0.05, 0) is 100 Å². The van der Waals surface area contributed by atoms with E-state index in [4.69, 9.17) is 21.3 Å². The molecule has 6 nitrogen and oxygen atoms in total. The first-order valence-electron chi connectivity index (χ1n) is 13.2. The number of ether oxygens (including phenoxy) is 1. The first-order valence-corrected chi connectivity index (χ1v) is 14.3. The van der Waals surface area contributed by atoms with E-state index in [0.29, 0.717) is 10.6 Å². The lowest BCUT2D eigenvalue weighted by Gasteiger charge is -2.28. The average Bonchev–Trinajstić information content (AvgIpc) is 3.46. The van der Waals surface area contributed by atoms with Crippen molar-refractivity contribution in [2.45, 2.75) is 58.7 Å². The van der Waals surface area contributed by atoms with E-state index in [-0.39, 0.29) is 0 Å². The summed E-state index contributed by atoms with van der Waals surface area (Å²) in [5, 5.41) is 20.7. The average molecular weight is 560 g/mol. The summed E-state index contributed by atoms with van der Waals surface area (Å²) in [5.41, 5.74) is 6.48. The Morgan fingerprint density at radius 1 is 1.13 bits per heavy atom. The summed E-state index contributed by atoms with van der Waals surface area (Å²) in [6, 6.07) is 15.7. The number of halogens is 1. The molecule has 2 heterocycles. The Hall–Kier alpha value is -3.26. The van der Waals surface area contributed by atoms with E-state index < -0.39 is 17.7 Å². The van der Waals surface area contributed by atoms with Gasteiger partial charge >= 0.3 is 5.97 Å². The molecule has 200 valence electrons. The van der Waals surface area contributed by atoms with Crippen molar-refractivity contribution in [1.29, 1.82) is 0 Å². The Bertz CT molecular complexity index is 1710. The minimum absolute atomic E-state index is 0.616. The number of hydrogen-bond acceptors (Lipinski definition) is 5. The summed E-state index contributed by atoms with van der Waals surface area (Å²) in [4.78, 5) is 17.6. The molecule has 1 saturated carbocycles. The number of aryl methyl sites for hydroxylation is 1. The van der Waals surface area contributed by atoms with Crippen LogP contribution in [0.3, 0.4) is 0 Å². The van der Waals surface area contributed by atoms with E-state index in [1.165, 1.54) is 18.5 Å². The third kappa shape index (κ3) is 5.19. The number of carbonyl (C=O) groups is 1. The van der Waals surface area contributed by atoms with E-state index in [9.17, 15) is 9.90 Å². The predicted molar refractivity (Wildman–Crippen MR) is 158 cm³/mol. The fourth-order valence-electron chi connectivity index (χ4n) is 5.12. The molecule has 39 heavy (non-hydrogen) atoms. The second-order valence-electron chi connectivity index (χ2n) is 11.4. The molecule has 0 radical (unpaired) electrons. The van der Waals surface area contributed by atoms with Crippen LogP contribution in [0.15, 0.2) is 48.5 Å². The topological polar surface area (TPSA) is 88.1 Å². The van der Waals surface area contributed by atoms with Crippen LogP contribution in [-0.4, -0.2) is 31.9 Å². The van der Waals surface area contributed by atoms with Crippen LogP contribution in [0, 0.1) is 12.8 Å². The van der Waals surface area contributed by atoms with Crippen LogP contribution in [0.25, 0.3) is 42.8 Å². The highest BCUT2D eigenvalue weighted by atomic mass is 35.5. The molecule has 0 bridgehead atoms. The molecule has 2 aromatic heterocycles. The Labute approximate surface area is 236 Å². The number of nitrogens with one attached hydrogen (secondary N) is 1. The number of nitrogens with zero attached hydrogens (tertiary/aromatic N) is 2. The third-order valence-electron chi connectivity index (χ3n) is 7.09.